The van der Waals surface area contributed by atoms with Gasteiger partial charge in [-0.25, -0.2) is 0 Å². The quantitative estimate of drug-likeness (QED) is 0.503. The third-order valence-electron chi connectivity index (χ3n) is 3.14. The Bertz CT molecular complexity index is 863. The molecule has 3 rings (SSSR count). The number of aromatic nitrogens is 1. The van der Waals surface area contributed by atoms with E-state index in [9.17, 15) is 0 Å². The molecule has 3 nitrogen and oxygen atoms in total. The zero-order valence-corrected chi connectivity index (χ0v) is 13.6. The molecule has 0 aliphatic heterocycles. The molecule has 0 spiro atoms. The summed E-state index contributed by atoms with van der Waals surface area (Å²) in [4.78, 5) is 0.826. The lowest BCUT2D eigenvalue weighted by atomic mass is 10.2. The minimum Gasteiger partial charge on any atom is -0.288 e. The molecule has 0 bridgehead atoms. The van der Waals surface area contributed by atoms with Crippen molar-refractivity contribution in [3.63, 3.8) is 0 Å². The van der Waals surface area contributed by atoms with E-state index in [2.05, 4.69) is 39.2 Å². The first-order valence-corrected chi connectivity index (χ1v) is 8.05. The van der Waals surface area contributed by atoms with Gasteiger partial charge in [0.25, 0.3) is 0 Å². The smallest absolute Gasteiger partial charge is 0.215 e. The van der Waals surface area contributed by atoms with Gasteiger partial charge >= 0.3 is 0 Å². The first-order chi connectivity index (χ1) is 10.8. The van der Waals surface area contributed by atoms with Crippen molar-refractivity contribution >= 4 is 29.2 Å². The van der Waals surface area contributed by atoms with E-state index < -0.39 is 0 Å². The van der Waals surface area contributed by atoms with E-state index >= 15 is 0 Å². The number of aryl methyl sites for hydroxylation is 1. The molecular formula is C17H14ClN3S. The topological polar surface area (TPSA) is 29.6 Å². The Morgan fingerprint density at radius 2 is 1.77 bits per heavy atom. The van der Waals surface area contributed by atoms with Crippen LogP contribution >= 0.6 is 22.9 Å². The van der Waals surface area contributed by atoms with Gasteiger partial charge in [0.1, 0.15) is 0 Å². The average molecular weight is 328 g/mol. The predicted octanol–water partition coefficient (Wildman–Crippen LogP) is 4.44. The van der Waals surface area contributed by atoms with E-state index in [1.54, 1.807) is 17.6 Å². The summed E-state index contributed by atoms with van der Waals surface area (Å²) in [6.07, 6.45) is 1.67. The van der Waals surface area contributed by atoms with E-state index in [-0.39, 0.29) is 0 Å². The van der Waals surface area contributed by atoms with Crippen molar-refractivity contribution < 1.29 is 0 Å². The van der Waals surface area contributed by atoms with E-state index in [0.717, 1.165) is 21.7 Å². The number of hydrogen-bond acceptors (Lipinski definition) is 3. The lowest BCUT2D eigenvalue weighted by Gasteiger charge is -2.04. The summed E-state index contributed by atoms with van der Waals surface area (Å²) in [6, 6.07) is 17.7. The molecule has 0 atom stereocenters. The Hall–Kier alpha value is -2.17. The highest BCUT2D eigenvalue weighted by atomic mass is 35.5. The minimum absolute atomic E-state index is 0.666. The molecule has 0 saturated heterocycles. The number of nitrogens with zero attached hydrogens (tertiary/aromatic N) is 3. The van der Waals surface area contributed by atoms with Crippen molar-refractivity contribution in [3.8, 4) is 5.69 Å². The Balaban J connectivity index is 1.98. The predicted molar refractivity (Wildman–Crippen MR) is 93.0 cm³/mol. The van der Waals surface area contributed by atoms with E-state index in [4.69, 9.17) is 11.6 Å². The van der Waals surface area contributed by atoms with Gasteiger partial charge in [-0.2, -0.15) is 5.10 Å². The average Bonchev–Trinajstić information content (AvgIpc) is 2.91. The molecule has 0 unspecified atom stereocenters. The van der Waals surface area contributed by atoms with Crippen LogP contribution in [0.15, 0.2) is 70.2 Å². The molecule has 0 fully saturated rings. The zero-order chi connectivity index (χ0) is 15.4. The Morgan fingerprint density at radius 1 is 1.05 bits per heavy atom. The molecule has 110 valence electrons. The fraction of sp³-hybridized carbons (Fsp3) is 0.0588. The van der Waals surface area contributed by atoms with Crippen molar-refractivity contribution in [3.05, 3.63) is 81.1 Å². The molecule has 0 amide bonds. The number of para-hydroxylation sites is 1. The molecular weight excluding hydrogens is 314 g/mol. The number of halogens is 1. The van der Waals surface area contributed by atoms with Crippen LogP contribution in [0.1, 0.15) is 11.3 Å². The van der Waals surface area contributed by atoms with E-state index in [1.165, 1.54) is 0 Å². The molecule has 22 heavy (non-hydrogen) atoms. The second kappa shape index (κ2) is 6.73. The number of rotatable bonds is 3. The molecule has 0 aliphatic carbocycles. The fourth-order valence-corrected chi connectivity index (χ4v) is 3.09. The lowest BCUT2D eigenvalue weighted by molar-refractivity contribution is 0.927. The molecule has 3 aromatic rings. The van der Waals surface area contributed by atoms with E-state index in [0.29, 0.717) is 5.02 Å². The lowest BCUT2D eigenvalue weighted by Crippen LogP contribution is -2.13. The van der Waals surface area contributed by atoms with Crippen molar-refractivity contribution in [1.29, 1.82) is 0 Å². The largest absolute Gasteiger partial charge is 0.288 e. The van der Waals surface area contributed by atoms with Gasteiger partial charge in [-0.15, -0.1) is 16.4 Å². The maximum Gasteiger partial charge on any atom is 0.215 e. The van der Waals surface area contributed by atoms with Gasteiger partial charge in [0.05, 0.1) is 6.21 Å². The third-order valence-corrected chi connectivity index (χ3v) is 4.42. The monoisotopic (exact) mass is 327 g/mol. The highest BCUT2D eigenvalue weighted by Crippen LogP contribution is 2.13. The number of thiazole rings is 1. The Labute approximate surface area is 137 Å². The maximum atomic E-state index is 6.10. The fourth-order valence-electron chi connectivity index (χ4n) is 2.07. The molecule has 1 heterocycles. The molecule has 0 radical (unpaired) electrons. The van der Waals surface area contributed by atoms with Gasteiger partial charge in [-0.1, -0.05) is 48.0 Å². The van der Waals surface area contributed by atoms with Crippen LogP contribution in [0.25, 0.3) is 5.69 Å². The van der Waals surface area contributed by atoms with Crippen LogP contribution in [0.2, 0.25) is 5.02 Å². The summed E-state index contributed by atoms with van der Waals surface area (Å²) >= 11 is 7.66. The van der Waals surface area contributed by atoms with Crippen LogP contribution in [0.3, 0.4) is 0 Å². The minimum atomic E-state index is 0.666. The summed E-state index contributed by atoms with van der Waals surface area (Å²) in [5, 5.41) is 11.2. The zero-order valence-electron chi connectivity index (χ0n) is 12.0. The molecule has 0 saturated carbocycles. The van der Waals surface area contributed by atoms with Gasteiger partial charge < -0.3 is 0 Å². The molecule has 0 aliphatic rings. The van der Waals surface area contributed by atoms with Gasteiger partial charge in [-0.3, -0.25) is 4.57 Å². The van der Waals surface area contributed by atoms with Crippen molar-refractivity contribution in [1.82, 2.24) is 4.57 Å². The third kappa shape index (κ3) is 3.18. The highest BCUT2D eigenvalue weighted by molar-refractivity contribution is 7.07. The van der Waals surface area contributed by atoms with Gasteiger partial charge in [0, 0.05) is 27.3 Å². The number of hydrogen-bond donors (Lipinski definition) is 0. The Kier molecular flexibility index (Phi) is 4.51. The second-order valence-corrected chi connectivity index (χ2v) is 5.94. The molecule has 0 N–H and O–H groups in total. The summed E-state index contributed by atoms with van der Waals surface area (Å²) in [6.45, 7) is 2.06. The first kappa shape index (κ1) is 14.8. The van der Waals surface area contributed by atoms with E-state index in [1.807, 2.05) is 42.5 Å². The van der Waals surface area contributed by atoms with Gasteiger partial charge in [0.15, 0.2) is 0 Å². The highest BCUT2D eigenvalue weighted by Gasteiger charge is 2.03. The van der Waals surface area contributed by atoms with Crippen LogP contribution in [-0.4, -0.2) is 10.8 Å². The summed E-state index contributed by atoms with van der Waals surface area (Å²) in [5.74, 6) is 0. The summed E-state index contributed by atoms with van der Waals surface area (Å²) in [7, 11) is 0. The maximum absolute atomic E-state index is 6.10. The molecule has 1 aromatic heterocycles. The first-order valence-electron chi connectivity index (χ1n) is 6.80. The Morgan fingerprint density at radius 3 is 2.55 bits per heavy atom. The van der Waals surface area contributed by atoms with Crippen molar-refractivity contribution in [2.45, 2.75) is 6.92 Å². The molecule has 5 heteroatoms. The molecule has 2 aromatic carbocycles. The van der Waals surface area contributed by atoms with Crippen LogP contribution in [0, 0.1) is 6.92 Å². The normalized spacial score (nSPS) is 12.2. The van der Waals surface area contributed by atoms with Gasteiger partial charge in [-0.05, 0) is 25.1 Å². The summed E-state index contributed by atoms with van der Waals surface area (Å²) < 4.78 is 2.08. The van der Waals surface area contributed by atoms with Crippen molar-refractivity contribution in [2.24, 2.45) is 10.2 Å². The number of benzene rings is 2. The SMILES string of the molecule is Cc1cs/c(=N\N=C/c2ccccc2Cl)n1-c1ccccc1. The van der Waals surface area contributed by atoms with Crippen LogP contribution < -0.4 is 4.80 Å². The van der Waals surface area contributed by atoms with Gasteiger partial charge in [0.2, 0.25) is 4.80 Å². The summed E-state index contributed by atoms with van der Waals surface area (Å²) in [5.41, 5.74) is 3.06. The standard InChI is InChI=1S/C17H14ClN3S/c1-13-12-22-17(21(13)15-8-3-2-4-9-15)20-19-11-14-7-5-6-10-16(14)18/h2-12H,1H3/b19-11-,20-17-. The van der Waals surface area contributed by atoms with Crippen LogP contribution in [-0.2, 0) is 0 Å². The van der Waals surface area contributed by atoms with Crippen molar-refractivity contribution in [2.75, 3.05) is 0 Å². The van der Waals surface area contributed by atoms with Crippen LogP contribution in [0.5, 0.6) is 0 Å². The van der Waals surface area contributed by atoms with Crippen LogP contribution in [0.4, 0.5) is 0 Å². The second-order valence-electron chi connectivity index (χ2n) is 4.70.